The molecule has 0 aromatic heterocycles. The third kappa shape index (κ3) is 2.48. The van der Waals surface area contributed by atoms with E-state index in [1.54, 1.807) is 0 Å². The molecule has 0 fully saturated rings. The molecule has 0 aliphatic rings. The predicted octanol–water partition coefficient (Wildman–Crippen LogP) is 2.93. The van der Waals surface area contributed by atoms with Gasteiger partial charge in [0, 0.05) is 5.69 Å². The average Bonchev–Trinajstić information content (AvgIpc) is 2.33. The molecule has 0 spiro atoms. The van der Waals surface area contributed by atoms with Gasteiger partial charge >= 0.3 is 0 Å². The van der Waals surface area contributed by atoms with Crippen molar-refractivity contribution in [1.82, 2.24) is 0 Å². The summed E-state index contributed by atoms with van der Waals surface area (Å²) < 4.78 is 0. The smallest absolute Gasteiger partial charge is 0.0551 e. The van der Waals surface area contributed by atoms with Crippen LogP contribution in [-0.4, -0.2) is 0 Å². The highest BCUT2D eigenvalue weighted by Gasteiger charge is 2.09. The molecule has 0 aliphatic heterocycles. The standard InChI is InChI=1S/C15H18N2/c1-10-3-4-13(9-11(10)2)15(17)12-5-7-14(16)8-6-12/h3-9,15H,16-17H2,1-2H3. The Bertz CT molecular complexity index is 515. The van der Waals surface area contributed by atoms with Crippen LogP contribution in [0.5, 0.6) is 0 Å². The van der Waals surface area contributed by atoms with Crippen LogP contribution < -0.4 is 11.5 Å². The zero-order valence-corrected chi connectivity index (χ0v) is 10.3. The van der Waals surface area contributed by atoms with Crippen molar-refractivity contribution >= 4 is 5.69 Å². The summed E-state index contributed by atoms with van der Waals surface area (Å²) in [5.74, 6) is 0. The van der Waals surface area contributed by atoms with E-state index in [0.29, 0.717) is 0 Å². The van der Waals surface area contributed by atoms with Crippen LogP contribution in [0.15, 0.2) is 42.5 Å². The number of hydrogen-bond donors (Lipinski definition) is 2. The first-order valence-corrected chi connectivity index (χ1v) is 5.76. The van der Waals surface area contributed by atoms with E-state index in [2.05, 4.69) is 32.0 Å². The minimum absolute atomic E-state index is 0.0881. The van der Waals surface area contributed by atoms with Crippen molar-refractivity contribution in [2.75, 3.05) is 5.73 Å². The molecule has 0 amide bonds. The normalized spacial score (nSPS) is 12.4. The van der Waals surface area contributed by atoms with Gasteiger partial charge in [-0.05, 0) is 48.2 Å². The fourth-order valence-corrected chi connectivity index (χ4v) is 1.85. The second-order valence-corrected chi connectivity index (χ2v) is 4.49. The first kappa shape index (κ1) is 11.7. The highest BCUT2D eigenvalue weighted by atomic mass is 14.6. The van der Waals surface area contributed by atoms with Crippen molar-refractivity contribution in [3.63, 3.8) is 0 Å². The van der Waals surface area contributed by atoms with E-state index in [1.807, 2.05) is 24.3 Å². The predicted molar refractivity (Wildman–Crippen MR) is 72.8 cm³/mol. The monoisotopic (exact) mass is 226 g/mol. The number of hydrogen-bond acceptors (Lipinski definition) is 2. The highest BCUT2D eigenvalue weighted by molar-refractivity contribution is 5.43. The van der Waals surface area contributed by atoms with Crippen LogP contribution in [0.4, 0.5) is 5.69 Å². The Kier molecular flexibility index (Phi) is 3.16. The molecule has 17 heavy (non-hydrogen) atoms. The van der Waals surface area contributed by atoms with Gasteiger partial charge in [0.15, 0.2) is 0 Å². The third-order valence-electron chi connectivity index (χ3n) is 3.19. The first-order valence-electron chi connectivity index (χ1n) is 5.76. The second-order valence-electron chi connectivity index (χ2n) is 4.49. The molecular formula is C15H18N2. The minimum Gasteiger partial charge on any atom is -0.399 e. The van der Waals surface area contributed by atoms with Crippen LogP contribution in [-0.2, 0) is 0 Å². The maximum atomic E-state index is 6.24. The van der Waals surface area contributed by atoms with E-state index in [4.69, 9.17) is 11.5 Å². The lowest BCUT2D eigenvalue weighted by atomic mass is 9.96. The summed E-state index contributed by atoms with van der Waals surface area (Å²) in [6, 6.07) is 14.0. The number of nitrogens with two attached hydrogens (primary N) is 2. The van der Waals surface area contributed by atoms with Crippen molar-refractivity contribution in [2.24, 2.45) is 5.73 Å². The number of nitrogen functional groups attached to an aromatic ring is 1. The fraction of sp³-hybridized carbons (Fsp3) is 0.200. The van der Waals surface area contributed by atoms with Gasteiger partial charge in [-0.3, -0.25) is 0 Å². The fourth-order valence-electron chi connectivity index (χ4n) is 1.85. The number of anilines is 1. The zero-order valence-electron chi connectivity index (χ0n) is 10.3. The van der Waals surface area contributed by atoms with Gasteiger partial charge in [-0.15, -0.1) is 0 Å². The number of aryl methyl sites for hydroxylation is 2. The molecule has 2 aromatic rings. The Balaban J connectivity index is 2.33. The quantitative estimate of drug-likeness (QED) is 0.773. The topological polar surface area (TPSA) is 52.0 Å². The SMILES string of the molecule is Cc1ccc(C(N)c2ccc(N)cc2)cc1C. The van der Waals surface area contributed by atoms with Gasteiger partial charge < -0.3 is 11.5 Å². The van der Waals surface area contributed by atoms with Gasteiger partial charge in [0.1, 0.15) is 0 Å². The highest BCUT2D eigenvalue weighted by Crippen LogP contribution is 2.22. The molecule has 0 aliphatic carbocycles. The number of benzene rings is 2. The Morgan fingerprint density at radius 3 is 2.00 bits per heavy atom. The Morgan fingerprint density at radius 2 is 1.41 bits per heavy atom. The Morgan fingerprint density at radius 1 is 0.824 bits per heavy atom. The molecule has 2 heteroatoms. The van der Waals surface area contributed by atoms with E-state index in [-0.39, 0.29) is 6.04 Å². The second kappa shape index (κ2) is 4.60. The summed E-state index contributed by atoms with van der Waals surface area (Å²) in [5, 5.41) is 0. The summed E-state index contributed by atoms with van der Waals surface area (Å²) in [5.41, 5.74) is 17.5. The van der Waals surface area contributed by atoms with E-state index < -0.39 is 0 Å². The van der Waals surface area contributed by atoms with Gasteiger partial charge in [-0.25, -0.2) is 0 Å². The van der Waals surface area contributed by atoms with Crippen LogP contribution in [0.25, 0.3) is 0 Å². The van der Waals surface area contributed by atoms with Crippen molar-refractivity contribution in [2.45, 2.75) is 19.9 Å². The van der Waals surface area contributed by atoms with Crippen molar-refractivity contribution in [3.05, 3.63) is 64.7 Å². The van der Waals surface area contributed by atoms with Crippen LogP contribution >= 0.6 is 0 Å². The summed E-state index contributed by atoms with van der Waals surface area (Å²) in [7, 11) is 0. The lowest BCUT2D eigenvalue weighted by Gasteiger charge is -2.14. The molecule has 0 heterocycles. The van der Waals surface area contributed by atoms with E-state index >= 15 is 0 Å². The molecule has 1 atom stereocenters. The van der Waals surface area contributed by atoms with Crippen molar-refractivity contribution in [3.8, 4) is 0 Å². The van der Waals surface area contributed by atoms with Crippen LogP contribution in [0.2, 0.25) is 0 Å². The van der Waals surface area contributed by atoms with Crippen LogP contribution in [0.1, 0.15) is 28.3 Å². The summed E-state index contributed by atoms with van der Waals surface area (Å²) in [4.78, 5) is 0. The largest absolute Gasteiger partial charge is 0.399 e. The average molecular weight is 226 g/mol. The van der Waals surface area contributed by atoms with E-state index in [1.165, 1.54) is 11.1 Å². The molecule has 88 valence electrons. The van der Waals surface area contributed by atoms with Crippen LogP contribution in [0, 0.1) is 13.8 Å². The zero-order chi connectivity index (χ0) is 12.4. The van der Waals surface area contributed by atoms with Gasteiger partial charge in [0.25, 0.3) is 0 Å². The third-order valence-corrected chi connectivity index (χ3v) is 3.19. The molecule has 4 N–H and O–H groups in total. The Hall–Kier alpha value is -1.80. The lowest BCUT2D eigenvalue weighted by Crippen LogP contribution is -2.12. The van der Waals surface area contributed by atoms with Gasteiger partial charge in [0.2, 0.25) is 0 Å². The molecule has 0 saturated carbocycles. The molecule has 1 unspecified atom stereocenters. The molecule has 0 radical (unpaired) electrons. The minimum atomic E-state index is -0.0881. The van der Waals surface area contributed by atoms with E-state index in [9.17, 15) is 0 Å². The Labute approximate surface area is 102 Å². The maximum absolute atomic E-state index is 6.24. The van der Waals surface area contributed by atoms with Gasteiger partial charge in [-0.1, -0.05) is 30.3 Å². The van der Waals surface area contributed by atoms with Crippen molar-refractivity contribution < 1.29 is 0 Å². The summed E-state index contributed by atoms with van der Waals surface area (Å²) in [6.45, 7) is 4.21. The molecule has 0 saturated heterocycles. The van der Waals surface area contributed by atoms with E-state index in [0.717, 1.165) is 16.8 Å². The molecule has 2 aromatic carbocycles. The lowest BCUT2D eigenvalue weighted by molar-refractivity contribution is 0.869. The summed E-state index contributed by atoms with van der Waals surface area (Å²) in [6.07, 6.45) is 0. The first-order chi connectivity index (χ1) is 8.08. The van der Waals surface area contributed by atoms with Crippen LogP contribution in [0.3, 0.4) is 0 Å². The maximum Gasteiger partial charge on any atom is 0.0551 e. The van der Waals surface area contributed by atoms with Gasteiger partial charge in [0.05, 0.1) is 6.04 Å². The summed E-state index contributed by atoms with van der Waals surface area (Å²) >= 11 is 0. The van der Waals surface area contributed by atoms with Crippen molar-refractivity contribution in [1.29, 1.82) is 0 Å². The molecule has 2 nitrogen and oxygen atoms in total. The molecule has 2 rings (SSSR count). The van der Waals surface area contributed by atoms with Gasteiger partial charge in [-0.2, -0.15) is 0 Å². The molecule has 0 bridgehead atoms. The number of rotatable bonds is 2. The molecular weight excluding hydrogens is 208 g/mol.